The smallest absolute Gasteiger partial charge is 0.153 e. The number of carbonyl (C=O) groups is 1. The Morgan fingerprint density at radius 3 is 2.87 bits per heavy atom. The van der Waals surface area contributed by atoms with Crippen LogP contribution in [-0.2, 0) is 0 Å². The summed E-state index contributed by atoms with van der Waals surface area (Å²) in [6.45, 7) is 8.52. The van der Waals surface area contributed by atoms with E-state index >= 15 is 0 Å². The van der Waals surface area contributed by atoms with Crippen molar-refractivity contribution in [2.75, 3.05) is 11.4 Å². The first kappa shape index (κ1) is 11.4. The monoisotopic (exact) mass is 204 g/mol. The molecule has 0 fully saturated rings. The Morgan fingerprint density at radius 2 is 2.33 bits per heavy atom. The van der Waals surface area contributed by atoms with Crippen molar-refractivity contribution in [1.82, 2.24) is 4.98 Å². The highest BCUT2D eigenvalue weighted by molar-refractivity contribution is 5.82. The summed E-state index contributed by atoms with van der Waals surface area (Å²) in [5, 5.41) is 0. The third kappa shape index (κ3) is 2.65. The minimum Gasteiger partial charge on any atom is -0.350 e. The van der Waals surface area contributed by atoms with Gasteiger partial charge in [-0.2, -0.15) is 0 Å². The van der Waals surface area contributed by atoms with Crippen LogP contribution >= 0.6 is 0 Å². The summed E-state index contributed by atoms with van der Waals surface area (Å²) in [5.41, 5.74) is 0.619. The number of hydrogen-bond donors (Lipinski definition) is 0. The fourth-order valence-electron chi connectivity index (χ4n) is 1.42. The Kier molecular flexibility index (Phi) is 4.03. The quantitative estimate of drug-likeness (QED) is 0.545. The minimum absolute atomic E-state index is 0.289. The number of carbonyl (C=O) groups excluding carboxylic acids is 1. The lowest BCUT2D eigenvalue weighted by molar-refractivity contribution is 0.112. The summed E-state index contributed by atoms with van der Waals surface area (Å²) in [6.07, 6.45) is 4.34. The molecule has 0 aliphatic carbocycles. The van der Waals surface area contributed by atoms with Gasteiger partial charge in [-0.05, 0) is 26.0 Å². The summed E-state index contributed by atoms with van der Waals surface area (Å²) in [5.74, 6) is 0.724. The molecule has 0 aliphatic rings. The Labute approximate surface area is 90.4 Å². The van der Waals surface area contributed by atoms with Crippen LogP contribution in [0.25, 0.3) is 0 Å². The van der Waals surface area contributed by atoms with Gasteiger partial charge in [0.1, 0.15) is 5.82 Å². The lowest BCUT2D eigenvalue weighted by Gasteiger charge is -2.27. The molecule has 80 valence electrons. The first-order chi connectivity index (χ1) is 7.20. The molecule has 1 heterocycles. The highest BCUT2D eigenvalue weighted by Crippen LogP contribution is 2.17. The third-order valence-corrected chi connectivity index (χ3v) is 2.17. The standard InChI is InChI=1S/C12H16N2O/c1-4-8-14(10(2)3)12-11(9-15)6-5-7-13-12/h4-7,9-10H,1,8H2,2-3H3. The predicted octanol–water partition coefficient (Wildman–Crippen LogP) is 2.29. The number of aldehydes is 1. The largest absolute Gasteiger partial charge is 0.350 e. The van der Waals surface area contributed by atoms with Crippen LogP contribution in [-0.4, -0.2) is 23.9 Å². The van der Waals surface area contributed by atoms with Gasteiger partial charge in [0.2, 0.25) is 0 Å². The van der Waals surface area contributed by atoms with Gasteiger partial charge in [0.25, 0.3) is 0 Å². The summed E-state index contributed by atoms with van der Waals surface area (Å²) in [7, 11) is 0. The molecule has 0 unspecified atom stereocenters. The van der Waals surface area contributed by atoms with Gasteiger partial charge >= 0.3 is 0 Å². The molecular weight excluding hydrogens is 188 g/mol. The maximum atomic E-state index is 10.9. The second-order valence-electron chi connectivity index (χ2n) is 3.57. The molecular formula is C12H16N2O. The molecule has 3 nitrogen and oxygen atoms in total. The SMILES string of the molecule is C=CCN(c1ncccc1C=O)C(C)C. The fraction of sp³-hybridized carbons (Fsp3) is 0.333. The summed E-state index contributed by atoms with van der Waals surface area (Å²) < 4.78 is 0. The first-order valence-electron chi connectivity index (χ1n) is 4.98. The molecule has 0 amide bonds. The molecule has 0 spiro atoms. The van der Waals surface area contributed by atoms with E-state index in [1.165, 1.54) is 0 Å². The van der Waals surface area contributed by atoms with Crippen LogP contribution in [0.4, 0.5) is 5.82 Å². The van der Waals surface area contributed by atoms with Crippen LogP contribution in [0.3, 0.4) is 0 Å². The van der Waals surface area contributed by atoms with Crippen LogP contribution in [0.2, 0.25) is 0 Å². The molecule has 0 aromatic carbocycles. The van der Waals surface area contributed by atoms with Crippen LogP contribution in [0, 0.1) is 0 Å². The van der Waals surface area contributed by atoms with Crippen molar-refractivity contribution in [3.05, 3.63) is 36.5 Å². The van der Waals surface area contributed by atoms with E-state index in [2.05, 4.69) is 25.4 Å². The van der Waals surface area contributed by atoms with Crippen molar-refractivity contribution >= 4 is 12.1 Å². The lowest BCUT2D eigenvalue weighted by atomic mass is 10.2. The number of aromatic nitrogens is 1. The van der Waals surface area contributed by atoms with Gasteiger partial charge in [-0.25, -0.2) is 4.98 Å². The number of hydrogen-bond acceptors (Lipinski definition) is 3. The van der Waals surface area contributed by atoms with Gasteiger partial charge in [-0.1, -0.05) is 6.08 Å². The van der Waals surface area contributed by atoms with E-state index in [1.807, 2.05) is 11.0 Å². The topological polar surface area (TPSA) is 33.2 Å². The molecule has 1 rings (SSSR count). The highest BCUT2D eigenvalue weighted by atomic mass is 16.1. The lowest BCUT2D eigenvalue weighted by Crippen LogP contribution is -2.32. The van der Waals surface area contributed by atoms with E-state index in [0.717, 1.165) is 12.1 Å². The number of nitrogens with zero attached hydrogens (tertiary/aromatic N) is 2. The Balaban J connectivity index is 3.09. The van der Waals surface area contributed by atoms with Crippen LogP contribution in [0.5, 0.6) is 0 Å². The van der Waals surface area contributed by atoms with Crippen molar-refractivity contribution < 1.29 is 4.79 Å². The van der Waals surface area contributed by atoms with Gasteiger partial charge in [0.05, 0.1) is 5.56 Å². The Hall–Kier alpha value is -1.64. The van der Waals surface area contributed by atoms with Crippen molar-refractivity contribution in [3.63, 3.8) is 0 Å². The maximum absolute atomic E-state index is 10.9. The van der Waals surface area contributed by atoms with E-state index in [-0.39, 0.29) is 6.04 Å². The zero-order valence-electron chi connectivity index (χ0n) is 9.18. The van der Waals surface area contributed by atoms with Crippen molar-refractivity contribution in [3.8, 4) is 0 Å². The van der Waals surface area contributed by atoms with Gasteiger partial charge in [-0.3, -0.25) is 4.79 Å². The fourth-order valence-corrected chi connectivity index (χ4v) is 1.42. The van der Waals surface area contributed by atoms with Gasteiger partial charge in [0.15, 0.2) is 6.29 Å². The average Bonchev–Trinajstić information content (AvgIpc) is 2.25. The molecule has 3 heteroatoms. The van der Waals surface area contributed by atoms with Crippen LogP contribution in [0.1, 0.15) is 24.2 Å². The van der Waals surface area contributed by atoms with Gasteiger partial charge in [-0.15, -0.1) is 6.58 Å². The summed E-state index contributed by atoms with van der Waals surface area (Å²) in [6, 6.07) is 3.82. The average molecular weight is 204 g/mol. The molecule has 0 radical (unpaired) electrons. The van der Waals surface area contributed by atoms with E-state index < -0.39 is 0 Å². The zero-order chi connectivity index (χ0) is 11.3. The van der Waals surface area contributed by atoms with Crippen molar-refractivity contribution in [2.24, 2.45) is 0 Å². The maximum Gasteiger partial charge on any atom is 0.153 e. The molecule has 0 aliphatic heterocycles. The second kappa shape index (κ2) is 5.29. The first-order valence-corrected chi connectivity index (χ1v) is 4.98. The Morgan fingerprint density at radius 1 is 1.60 bits per heavy atom. The summed E-state index contributed by atoms with van der Waals surface area (Å²) in [4.78, 5) is 17.1. The van der Waals surface area contributed by atoms with Crippen molar-refractivity contribution in [2.45, 2.75) is 19.9 Å². The van der Waals surface area contributed by atoms with E-state index in [1.54, 1.807) is 18.3 Å². The van der Waals surface area contributed by atoms with E-state index in [9.17, 15) is 4.79 Å². The Bertz CT molecular complexity index is 347. The molecule has 0 saturated heterocycles. The summed E-state index contributed by atoms with van der Waals surface area (Å²) >= 11 is 0. The van der Waals surface area contributed by atoms with Gasteiger partial charge < -0.3 is 4.90 Å². The minimum atomic E-state index is 0.289. The third-order valence-electron chi connectivity index (χ3n) is 2.17. The van der Waals surface area contributed by atoms with Crippen molar-refractivity contribution in [1.29, 1.82) is 0 Å². The number of rotatable bonds is 5. The molecule has 1 aromatic heterocycles. The molecule has 0 saturated carbocycles. The van der Waals surface area contributed by atoms with Gasteiger partial charge in [0, 0.05) is 18.8 Å². The molecule has 1 aromatic rings. The zero-order valence-corrected chi connectivity index (χ0v) is 9.18. The van der Waals surface area contributed by atoms with E-state index in [4.69, 9.17) is 0 Å². The highest BCUT2D eigenvalue weighted by Gasteiger charge is 2.13. The molecule has 0 N–H and O–H groups in total. The second-order valence-corrected chi connectivity index (χ2v) is 3.57. The molecule has 0 atom stereocenters. The van der Waals surface area contributed by atoms with Crippen LogP contribution in [0.15, 0.2) is 31.0 Å². The van der Waals surface area contributed by atoms with E-state index in [0.29, 0.717) is 12.1 Å². The molecule has 15 heavy (non-hydrogen) atoms. The normalized spacial score (nSPS) is 10.1. The number of pyridine rings is 1. The van der Waals surface area contributed by atoms with Crippen LogP contribution < -0.4 is 4.90 Å². The number of anilines is 1. The predicted molar refractivity (Wildman–Crippen MR) is 62.3 cm³/mol. The molecule has 0 bridgehead atoms.